The number of nitrogens with zero attached hydrogens (tertiary/aromatic N) is 1. The van der Waals surface area contributed by atoms with Gasteiger partial charge in [0, 0.05) is 19.7 Å². The lowest BCUT2D eigenvalue weighted by molar-refractivity contribution is -0.128. The number of hydrogen-bond acceptors (Lipinski definition) is 5. The van der Waals surface area contributed by atoms with Crippen molar-refractivity contribution in [2.75, 3.05) is 13.6 Å². The lowest BCUT2D eigenvalue weighted by Gasteiger charge is -2.22. The fourth-order valence-electron chi connectivity index (χ4n) is 1.41. The first-order chi connectivity index (χ1) is 8.36. The van der Waals surface area contributed by atoms with Crippen LogP contribution in [0.15, 0.2) is 10.6 Å². The molecule has 0 saturated heterocycles. The minimum Gasteiger partial charge on any atom is -0.476 e. The van der Waals surface area contributed by atoms with Crippen molar-refractivity contribution in [3.8, 4) is 0 Å². The fraction of sp³-hybridized carbons (Fsp3) is 0.545. The average molecular weight is 255 g/mol. The van der Waals surface area contributed by atoms with Gasteiger partial charge in [-0.25, -0.2) is 4.79 Å². The topological polar surface area (TPSA) is 104 Å². The molecule has 7 nitrogen and oxygen atoms in total. The number of amides is 1. The molecule has 100 valence electrons. The molecule has 7 heteroatoms. The minimum absolute atomic E-state index is 0.0706. The summed E-state index contributed by atoms with van der Waals surface area (Å²) in [5, 5.41) is 17.7. The van der Waals surface area contributed by atoms with Crippen molar-refractivity contribution < 1.29 is 19.2 Å². The summed E-state index contributed by atoms with van der Waals surface area (Å²) in [4.78, 5) is 22.1. The van der Waals surface area contributed by atoms with Crippen LogP contribution in [0.2, 0.25) is 0 Å². The Labute approximate surface area is 105 Å². The molecule has 0 spiro atoms. The van der Waals surface area contributed by atoms with Gasteiger partial charge in [0.05, 0.1) is 12.0 Å². The molecule has 1 amide bonds. The van der Waals surface area contributed by atoms with Crippen molar-refractivity contribution >= 4 is 11.9 Å². The molecular weight excluding hydrogens is 238 g/mol. The van der Waals surface area contributed by atoms with Gasteiger partial charge < -0.3 is 20.3 Å². The molecule has 1 aromatic heterocycles. The third-order valence-corrected chi connectivity index (χ3v) is 2.49. The molecule has 0 bridgehead atoms. The lowest BCUT2D eigenvalue weighted by Crippen LogP contribution is -2.41. The van der Waals surface area contributed by atoms with E-state index in [4.69, 9.17) is 9.63 Å². The summed E-state index contributed by atoms with van der Waals surface area (Å²) in [7, 11) is 1.58. The van der Waals surface area contributed by atoms with E-state index in [1.54, 1.807) is 7.05 Å². The molecule has 1 heterocycles. The minimum atomic E-state index is -1.13. The van der Waals surface area contributed by atoms with Gasteiger partial charge in [0.15, 0.2) is 11.5 Å². The van der Waals surface area contributed by atoms with E-state index in [0.29, 0.717) is 18.8 Å². The van der Waals surface area contributed by atoms with Crippen LogP contribution in [0.3, 0.4) is 0 Å². The van der Waals surface area contributed by atoms with Crippen LogP contribution in [-0.2, 0) is 11.3 Å². The van der Waals surface area contributed by atoms with E-state index in [2.05, 4.69) is 15.8 Å². The van der Waals surface area contributed by atoms with Gasteiger partial charge in [0.2, 0.25) is 5.91 Å². The molecule has 0 aliphatic heterocycles. The van der Waals surface area contributed by atoms with Crippen molar-refractivity contribution in [2.45, 2.75) is 20.4 Å². The van der Waals surface area contributed by atoms with E-state index < -0.39 is 11.4 Å². The number of rotatable bonds is 6. The zero-order chi connectivity index (χ0) is 13.8. The number of carboxylic acids is 1. The summed E-state index contributed by atoms with van der Waals surface area (Å²) in [5.41, 5.74) is -0.679. The van der Waals surface area contributed by atoms with E-state index >= 15 is 0 Å². The normalized spacial score (nSPS) is 11.3. The van der Waals surface area contributed by atoms with Crippen molar-refractivity contribution in [2.24, 2.45) is 5.41 Å². The van der Waals surface area contributed by atoms with Gasteiger partial charge in [-0.3, -0.25) is 4.79 Å². The van der Waals surface area contributed by atoms with Gasteiger partial charge in [0.1, 0.15) is 0 Å². The highest BCUT2D eigenvalue weighted by molar-refractivity contribution is 5.85. The summed E-state index contributed by atoms with van der Waals surface area (Å²) in [6, 6.07) is 1.35. The molecular formula is C11H17N3O4. The third-order valence-electron chi connectivity index (χ3n) is 2.49. The maximum atomic E-state index is 11.5. The SMILES string of the molecule is CNC(=O)C(C)(C)CNCc1cc(C(=O)O)no1. The highest BCUT2D eigenvalue weighted by atomic mass is 16.5. The zero-order valence-electron chi connectivity index (χ0n) is 10.6. The van der Waals surface area contributed by atoms with Crippen LogP contribution in [0.25, 0.3) is 0 Å². The van der Waals surface area contributed by atoms with Gasteiger partial charge in [-0.05, 0) is 13.8 Å². The number of carboxylic acid groups (broad SMARTS) is 1. The maximum absolute atomic E-state index is 11.5. The van der Waals surface area contributed by atoms with E-state index in [1.165, 1.54) is 6.07 Å². The van der Waals surface area contributed by atoms with E-state index in [1.807, 2.05) is 13.8 Å². The number of hydrogen-bond donors (Lipinski definition) is 3. The van der Waals surface area contributed by atoms with Crippen LogP contribution < -0.4 is 10.6 Å². The Bertz CT molecular complexity index is 439. The molecule has 1 rings (SSSR count). The Balaban J connectivity index is 2.46. The second kappa shape index (κ2) is 5.63. The van der Waals surface area contributed by atoms with Crippen LogP contribution in [0, 0.1) is 5.41 Å². The van der Waals surface area contributed by atoms with Gasteiger partial charge >= 0.3 is 5.97 Å². The zero-order valence-corrected chi connectivity index (χ0v) is 10.6. The van der Waals surface area contributed by atoms with Crippen molar-refractivity contribution in [3.05, 3.63) is 17.5 Å². The summed E-state index contributed by atoms with van der Waals surface area (Å²) in [5.74, 6) is -0.783. The number of aromatic carboxylic acids is 1. The number of carbonyl (C=O) groups is 2. The molecule has 0 aliphatic rings. The first kappa shape index (κ1) is 14.2. The quantitative estimate of drug-likeness (QED) is 0.672. The van der Waals surface area contributed by atoms with Crippen LogP contribution in [-0.4, -0.2) is 35.7 Å². The molecule has 0 fully saturated rings. The molecule has 0 aromatic carbocycles. The molecule has 0 saturated carbocycles. The Morgan fingerprint density at radius 2 is 2.17 bits per heavy atom. The highest BCUT2D eigenvalue weighted by Gasteiger charge is 2.26. The largest absolute Gasteiger partial charge is 0.476 e. The summed E-state index contributed by atoms with van der Waals surface area (Å²) in [6.07, 6.45) is 0. The molecule has 3 N–H and O–H groups in total. The van der Waals surface area contributed by atoms with Crippen molar-refractivity contribution in [1.29, 1.82) is 0 Å². The average Bonchev–Trinajstić information content (AvgIpc) is 2.76. The van der Waals surface area contributed by atoms with Gasteiger partial charge in [-0.1, -0.05) is 5.16 Å². The van der Waals surface area contributed by atoms with Crippen LogP contribution >= 0.6 is 0 Å². The number of aromatic nitrogens is 1. The van der Waals surface area contributed by atoms with Crippen LogP contribution in [0.5, 0.6) is 0 Å². The van der Waals surface area contributed by atoms with E-state index in [9.17, 15) is 9.59 Å². The predicted octanol–water partition coefficient (Wildman–Crippen LogP) is 0.235. The Hall–Kier alpha value is -1.89. The van der Waals surface area contributed by atoms with E-state index in [-0.39, 0.29) is 11.6 Å². The summed E-state index contributed by atoms with van der Waals surface area (Å²) < 4.78 is 4.83. The second-order valence-corrected chi connectivity index (χ2v) is 4.55. The molecule has 0 unspecified atom stereocenters. The van der Waals surface area contributed by atoms with E-state index in [0.717, 1.165) is 0 Å². The standard InChI is InChI=1S/C11H17N3O4/c1-11(2,10(17)12-3)6-13-5-7-4-8(9(15)16)14-18-7/h4,13H,5-6H2,1-3H3,(H,12,17)(H,15,16). The third kappa shape index (κ3) is 3.56. The van der Waals surface area contributed by atoms with Crippen molar-refractivity contribution in [1.82, 2.24) is 15.8 Å². The maximum Gasteiger partial charge on any atom is 0.358 e. The smallest absolute Gasteiger partial charge is 0.358 e. The Morgan fingerprint density at radius 3 is 2.67 bits per heavy atom. The molecule has 18 heavy (non-hydrogen) atoms. The fourth-order valence-corrected chi connectivity index (χ4v) is 1.41. The molecule has 1 aromatic rings. The van der Waals surface area contributed by atoms with Crippen LogP contribution in [0.1, 0.15) is 30.1 Å². The molecule has 0 atom stereocenters. The van der Waals surface area contributed by atoms with Crippen LogP contribution in [0.4, 0.5) is 0 Å². The van der Waals surface area contributed by atoms with Crippen molar-refractivity contribution in [3.63, 3.8) is 0 Å². The lowest BCUT2D eigenvalue weighted by atomic mass is 9.92. The summed E-state index contributed by atoms with van der Waals surface area (Å²) >= 11 is 0. The first-order valence-electron chi connectivity index (χ1n) is 5.48. The molecule has 0 aliphatic carbocycles. The highest BCUT2D eigenvalue weighted by Crippen LogP contribution is 2.13. The number of carbonyl (C=O) groups excluding carboxylic acids is 1. The first-order valence-corrected chi connectivity index (χ1v) is 5.48. The Morgan fingerprint density at radius 1 is 1.50 bits per heavy atom. The van der Waals surface area contributed by atoms with Gasteiger partial charge in [0.25, 0.3) is 0 Å². The van der Waals surface area contributed by atoms with Gasteiger partial charge in [-0.2, -0.15) is 0 Å². The second-order valence-electron chi connectivity index (χ2n) is 4.55. The van der Waals surface area contributed by atoms with Gasteiger partial charge in [-0.15, -0.1) is 0 Å². The molecule has 0 radical (unpaired) electrons. The predicted molar refractivity (Wildman–Crippen MR) is 63.0 cm³/mol. The monoisotopic (exact) mass is 255 g/mol. The Kier molecular flexibility index (Phi) is 4.43. The number of nitrogens with one attached hydrogen (secondary N) is 2. The summed E-state index contributed by atoms with van der Waals surface area (Å²) in [6.45, 7) is 4.38.